The number of hydrogen-bond acceptors (Lipinski definition) is 7. The maximum atomic E-state index is 12.8. The first-order chi connectivity index (χ1) is 13.7. The summed E-state index contributed by atoms with van der Waals surface area (Å²) in [6, 6.07) is 14.7. The second-order valence-corrected chi connectivity index (χ2v) is 6.20. The lowest BCUT2D eigenvalue weighted by atomic mass is 10.2. The summed E-state index contributed by atoms with van der Waals surface area (Å²) in [5, 5.41) is 4.77. The number of furan rings is 1. The molecule has 8 heteroatoms. The molecule has 0 radical (unpaired) electrons. The van der Waals surface area contributed by atoms with Gasteiger partial charge in [0, 0.05) is 10.9 Å². The SMILES string of the molecule is COc1ccc(-c2nc(Cn3cnc4c(oc5ccccc54)c3=O)no2)cc1. The van der Waals surface area contributed by atoms with Crippen LogP contribution < -0.4 is 10.3 Å². The average Bonchev–Trinajstić information content (AvgIpc) is 3.35. The Labute approximate surface area is 158 Å². The lowest BCUT2D eigenvalue weighted by Crippen LogP contribution is -2.21. The molecule has 138 valence electrons. The van der Waals surface area contributed by atoms with Crippen LogP contribution in [0.3, 0.4) is 0 Å². The molecule has 0 spiro atoms. The smallest absolute Gasteiger partial charge is 0.297 e. The number of aromatic nitrogens is 4. The standard InChI is InChI=1S/C20H14N4O4/c1-26-13-8-6-12(7-9-13)19-22-16(23-28-19)10-24-11-21-17-14-4-2-3-5-15(14)27-18(17)20(24)25/h2-9,11H,10H2,1H3. The highest BCUT2D eigenvalue weighted by Crippen LogP contribution is 2.24. The minimum atomic E-state index is -0.294. The zero-order valence-corrected chi connectivity index (χ0v) is 14.8. The fourth-order valence-corrected chi connectivity index (χ4v) is 3.05. The van der Waals surface area contributed by atoms with E-state index in [1.54, 1.807) is 13.2 Å². The third kappa shape index (κ3) is 2.62. The van der Waals surface area contributed by atoms with Gasteiger partial charge >= 0.3 is 0 Å². The van der Waals surface area contributed by atoms with E-state index in [2.05, 4.69) is 15.1 Å². The molecular formula is C20H14N4O4. The Morgan fingerprint density at radius 3 is 2.75 bits per heavy atom. The molecule has 3 heterocycles. The predicted octanol–water partition coefficient (Wildman–Crippen LogP) is 3.25. The van der Waals surface area contributed by atoms with Crippen molar-refractivity contribution in [1.82, 2.24) is 19.7 Å². The molecule has 0 aliphatic heterocycles. The number of benzene rings is 2. The van der Waals surface area contributed by atoms with Crippen molar-refractivity contribution in [2.24, 2.45) is 0 Å². The molecule has 0 amide bonds. The van der Waals surface area contributed by atoms with Crippen LogP contribution in [0.25, 0.3) is 33.5 Å². The van der Waals surface area contributed by atoms with Crippen molar-refractivity contribution in [3.8, 4) is 17.2 Å². The Kier molecular flexibility index (Phi) is 3.68. The Bertz CT molecular complexity index is 1350. The Morgan fingerprint density at radius 2 is 1.93 bits per heavy atom. The Balaban J connectivity index is 1.48. The molecule has 0 saturated carbocycles. The number of hydrogen-bond donors (Lipinski definition) is 0. The summed E-state index contributed by atoms with van der Waals surface area (Å²) in [5.41, 5.74) is 1.85. The maximum Gasteiger partial charge on any atom is 0.297 e. The van der Waals surface area contributed by atoms with E-state index in [0.717, 1.165) is 16.7 Å². The van der Waals surface area contributed by atoms with Crippen molar-refractivity contribution < 1.29 is 13.7 Å². The van der Waals surface area contributed by atoms with E-state index in [1.807, 2.05) is 42.5 Å². The molecule has 8 nitrogen and oxygen atoms in total. The number of ether oxygens (including phenoxy) is 1. The molecule has 3 aromatic heterocycles. The number of fused-ring (bicyclic) bond motifs is 3. The lowest BCUT2D eigenvalue weighted by Gasteiger charge is -2.00. The lowest BCUT2D eigenvalue weighted by molar-refractivity contribution is 0.413. The number of methoxy groups -OCH3 is 1. The molecule has 0 unspecified atom stereocenters. The molecule has 0 aliphatic carbocycles. The van der Waals surface area contributed by atoms with Gasteiger partial charge in [0.25, 0.3) is 11.4 Å². The molecule has 0 fully saturated rings. The molecule has 2 aromatic carbocycles. The first kappa shape index (κ1) is 16.2. The van der Waals surface area contributed by atoms with Crippen molar-refractivity contribution in [2.75, 3.05) is 7.11 Å². The highest BCUT2D eigenvalue weighted by Gasteiger charge is 2.15. The van der Waals surface area contributed by atoms with E-state index >= 15 is 0 Å². The maximum absolute atomic E-state index is 12.8. The largest absolute Gasteiger partial charge is 0.497 e. The van der Waals surface area contributed by atoms with Gasteiger partial charge in [0.1, 0.15) is 16.8 Å². The minimum absolute atomic E-state index is 0.123. The Morgan fingerprint density at radius 1 is 1.11 bits per heavy atom. The molecular weight excluding hydrogens is 360 g/mol. The van der Waals surface area contributed by atoms with Gasteiger partial charge in [-0.05, 0) is 36.4 Å². The Hall–Kier alpha value is -3.94. The van der Waals surface area contributed by atoms with Gasteiger partial charge in [-0.1, -0.05) is 17.3 Å². The second-order valence-electron chi connectivity index (χ2n) is 6.20. The zero-order chi connectivity index (χ0) is 19.1. The quantitative estimate of drug-likeness (QED) is 0.476. The zero-order valence-electron chi connectivity index (χ0n) is 14.8. The highest BCUT2D eigenvalue weighted by molar-refractivity contribution is 6.01. The van der Waals surface area contributed by atoms with E-state index in [9.17, 15) is 4.79 Å². The van der Waals surface area contributed by atoms with Gasteiger partial charge < -0.3 is 13.7 Å². The number of nitrogens with zero attached hydrogens (tertiary/aromatic N) is 4. The number of para-hydroxylation sites is 1. The molecule has 0 N–H and O–H groups in total. The molecule has 5 rings (SSSR count). The molecule has 0 bridgehead atoms. The monoisotopic (exact) mass is 374 g/mol. The number of rotatable bonds is 4. The first-order valence-electron chi connectivity index (χ1n) is 8.56. The second kappa shape index (κ2) is 6.34. The van der Waals surface area contributed by atoms with Gasteiger partial charge in [0.05, 0.1) is 20.0 Å². The van der Waals surface area contributed by atoms with E-state index in [0.29, 0.717) is 22.8 Å². The van der Waals surface area contributed by atoms with Crippen molar-refractivity contribution in [2.45, 2.75) is 6.54 Å². The van der Waals surface area contributed by atoms with Crippen LogP contribution >= 0.6 is 0 Å². The van der Waals surface area contributed by atoms with Crippen LogP contribution in [0, 0.1) is 0 Å². The summed E-state index contributed by atoms with van der Waals surface area (Å²) in [6.45, 7) is 0.123. The molecule has 0 saturated heterocycles. The fourth-order valence-electron chi connectivity index (χ4n) is 3.05. The van der Waals surface area contributed by atoms with Gasteiger partial charge in [-0.2, -0.15) is 4.98 Å². The van der Waals surface area contributed by atoms with Gasteiger partial charge in [-0.3, -0.25) is 9.36 Å². The van der Waals surface area contributed by atoms with Crippen LogP contribution in [0.5, 0.6) is 5.75 Å². The van der Waals surface area contributed by atoms with E-state index < -0.39 is 0 Å². The van der Waals surface area contributed by atoms with E-state index in [1.165, 1.54) is 10.9 Å². The van der Waals surface area contributed by atoms with E-state index in [4.69, 9.17) is 13.7 Å². The van der Waals surface area contributed by atoms with Gasteiger partial charge in [-0.15, -0.1) is 0 Å². The third-order valence-corrected chi connectivity index (χ3v) is 4.47. The predicted molar refractivity (Wildman–Crippen MR) is 101 cm³/mol. The van der Waals surface area contributed by atoms with Crippen LogP contribution in [0.15, 0.2) is 68.6 Å². The topological polar surface area (TPSA) is 96.2 Å². The van der Waals surface area contributed by atoms with Crippen molar-refractivity contribution in [1.29, 1.82) is 0 Å². The fraction of sp³-hybridized carbons (Fsp3) is 0.100. The average molecular weight is 374 g/mol. The summed E-state index contributed by atoms with van der Waals surface area (Å²) < 4.78 is 17.5. The van der Waals surface area contributed by atoms with E-state index in [-0.39, 0.29) is 17.7 Å². The van der Waals surface area contributed by atoms with Gasteiger partial charge in [0.15, 0.2) is 5.82 Å². The van der Waals surface area contributed by atoms with Crippen LogP contribution in [-0.4, -0.2) is 26.8 Å². The van der Waals surface area contributed by atoms with Gasteiger partial charge in [-0.25, -0.2) is 4.98 Å². The normalized spacial score (nSPS) is 11.3. The summed E-state index contributed by atoms with van der Waals surface area (Å²) in [6.07, 6.45) is 1.47. The van der Waals surface area contributed by atoms with Crippen LogP contribution in [-0.2, 0) is 6.54 Å². The summed E-state index contributed by atoms with van der Waals surface area (Å²) in [7, 11) is 1.60. The van der Waals surface area contributed by atoms with Gasteiger partial charge in [0.2, 0.25) is 5.58 Å². The summed E-state index contributed by atoms with van der Waals surface area (Å²) in [5.74, 6) is 1.47. The third-order valence-electron chi connectivity index (χ3n) is 4.47. The van der Waals surface area contributed by atoms with Crippen LogP contribution in [0.2, 0.25) is 0 Å². The van der Waals surface area contributed by atoms with Crippen molar-refractivity contribution >= 4 is 22.1 Å². The molecule has 5 aromatic rings. The van der Waals surface area contributed by atoms with Crippen LogP contribution in [0.1, 0.15) is 5.82 Å². The highest BCUT2D eigenvalue weighted by atomic mass is 16.5. The van der Waals surface area contributed by atoms with Crippen LogP contribution in [0.4, 0.5) is 0 Å². The molecule has 0 atom stereocenters. The van der Waals surface area contributed by atoms with Crippen molar-refractivity contribution in [3.05, 3.63) is 71.0 Å². The summed E-state index contributed by atoms with van der Waals surface area (Å²) >= 11 is 0. The summed E-state index contributed by atoms with van der Waals surface area (Å²) in [4.78, 5) is 21.5. The first-order valence-corrected chi connectivity index (χ1v) is 8.56. The minimum Gasteiger partial charge on any atom is -0.497 e. The molecule has 28 heavy (non-hydrogen) atoms. The molecule has 0 aliphatic rings. The van der Waals surface area contributed by atoms with Crippen molar-refractivity contribution in [3.63, 3.8) is 0 Å².